The molecular formula is C10H17NO2. The summed E-state index contributed by atoms with van der Waals surface area (Å²) in [5.41, 5.74) is 5.80. The molecular weight excluding hydrogens is 166 g/mol. The number of ether oxygens (including phenoxy) is 1. The second-order valence-electron chi connectivity index (χ2n) is 4.36. The first-order valence-corrected chi connectivity index (χ1v) is 5.05. The van der Waals surface area contributed by atoms with Gasteiger partial charge >= 0.3 is 5.97 Å². The van der Waals surface area contributed by atoms with E-state index in [-0.39, 0.29) is 17.4 Å². The van der Waals surface area contributed by atoms with Crippen LogP contribution in [-0.2, 0) is 9.53 Å². The van der Waals surface area contributed by atoms with Crippen molar-refractivity contribution in [1.82, 2.24) is 0 Å². The van der Waals surface area contributed by atoms with Crippen molar-refractivity contribution in [2.45, 2.75) is 38.1 Å². The van der Waals surface area contributed by atoms with Gasteiger partial charge in [-0.15, -0.1) is 0 Å². The molecule has 3 heteroatoms. The maximum absolute atomic E-state index is 11.5. The molecule has 2 N–H and O–H groups in total. The van der Waals surface area contributed by atoms with E-state index >= 15 is 0 Å². The molecule has 0 amide bonds. The smallest absolute Gasteiger partial charge is 0.313 e. The lowest BCUT2D eigenvalue weighted by molar-refractivity contribution is -0.149. The van der Waals surface area contributed by atoms with Gasteiger partial charge in [-0.25, -0.2) is 0 Å². The number of hydrogen-bond acceptors (Lipinski definition) is 3. The highest BCUT2D eigenvalue weighted by Gasteiger charge is 2.57. The molecule has 74 valence electrons. The van der Waals surface area contributed by atoms with Gasteiger partial charge in [-0.3, -0.25) is 4.79 Å². The zero-order valence-electron chi connectivity index (χ0n) is 8.08. The highest BCUT2D eigenvalue weighted by atomic mass is 16.5. The second kappa shape index (κ2) is 2.98. The maximum atomic E-state index is 11.5. The van der Waals surface area contributed by atoms with Crippen molar-refractivity contribution in [2.75, 3.05) is 7.11 Å². The Labute approximate surface area is 78.6 Å². The lowest BCUT2D eigenvalue weighted by atomic mass is 9.74. The first-order chi connectivity index (χ1) is 6.20. The Bertz CT molecular complexity index is 219. The molecule has 1 atom stereocenters. The summed E-state index contributed by atoms with van der Waals surface area (Å²) in [5, 5.41) is 0. The van der Waals surface area contributed by atoms with E-state index in [0.29, 0.717) is 5.92 Å². The van der Waals surface area contributed by atoms with E-state index in [1.807, 2.05) is 0 Å². The van der Waals surface area contributed by atoms with E-state index < -0.39 is 0 Å². The van der Waals surface area contributed by atoms with Gasteiger partial charge in [-0.1, -0.05) is 6.42 Å². The third-order valence-corrected chi connectivity index (χ3v) is 3.68. The van der Waals surface area contributed by atoms with E-state index in [1.165, 1.54) is 26.4 Å². The lowest BCUT2D eigenvalue weighted by Gasteiger charge is -2.35. The van der Waals surface area contributed by atoms with Crippen LogP contribution in [-0.4, -0.2) is 19.1 Å². The van der Waals surface area contributed by atoms with Crippen molar-refractivity contribution in [3.05, 3.63) is 0 Å². The van der Waals surface area contributed by atoms with Crippen LogP contribution in [0.5, 0.6) is 0 Å². The standard InChI is InChI=1S/C10H17NO2/c1-13-9(12)10(5-6-10)8(11)7-3-2-4-7/h7-8H,2-6,11H2,1H3. The van der Waals surface area contributed by atoms with Crippen molar-refractivity contribution in [1.29, 1.82) is 0 Å². The first-order valence-electron chi connectivity index (χ1n) is 5.05. The lowest BCUT2D eigenvalue weighted by Crippen LogP contribution is -2.46. The fourth-order valence-electron chi connectivity index (χ4n) is 2.26. The van der Waals surface area contributed by atoms with Gasteiger partial charge < -0.3 is 10.5 Å². The van der Waals surface area contributed by atoms with Crippen LogP contribution in [0.1, 0.15) is 32.1 Å². The van der Waals surface area contributed by atoms with Crippen LogP contribution in [0, 0.1) is 11.3 Å². The van der Waals surface area contributed by atoms with Crippen LogP contribution >= 0.6 is 0 Å². The Morgan fingerprint density at radius 3 is 2.46 bits per heavy atom. The zero-order chi connectivity index (χ0) is 9.47. The minimum absolute atomic E-state index is 0.0497. The van der Waals surface area contributed by atoms with Gasteiger partial charge in [-0.2, -0.15) is 0 Å². The van der Waals surface area contributed by atoms with E-state index in [2.05, 4.69) is 0 Å². The van der Waals surface area contributed by atoms with E-state index in [0.717, 1.165) is 12.8 Å². The monoisotopic (exact) mass is 183 g/mol. The van der Waals surface area contributed by atoms with Gasteiger partial charge in [0.2, 0.25) is 0 Å². The predicted octanol–water partition coefficient (Wildman–Crippen LogP) is 1.07. The SMILES string of the molecule is COC(=O)C1(C(N)C2CCC2)CC1. The van der Waals surface area contributed by atoms with Crippen molar-refractivity contribution in [3.8, 4) is 0 Å². The van der Waals surface area contributed by atoms with Crippen LogP contribution in [0.25, 0.3) is 0 Å². The number of esters is 1. The molecule has 0 radical (unpaired) electrons. The molecule has 2 rings (SSSR count). The largest absolute Gasteiger partial charge is 0.469 e. The van der Waals surface area contributed by atoms with Crippen molar-refractivity contribution >= 4 is 5.97 Å². The molecule has 0 bridgehead atoms. The molecule has 0 heterocycles. The molecule has 13 heavy (non-hydrogen) atoms. The molecule has 0 aromatic carbocycles. The van der Waals surface area contributed by atoms with E-state index in [1.54, 1.807) is 0 Å². The Morgan fingerprint density at radius 2 is 2.15 bits per heavy atom. The summed E-state index contributed by atoms with van der Waals surface area (Å²) in [7, 11) is 1.45. The highest BCUT2D eigenvalue weighted by Crippen LogP contribution is 2.53. The quantitative estimate of drug-likeness (QED) is 0.666. The third-order valence-electron chi connectivity index (χ3n) is 3.68. The number of hydrogen-bond donors (Lipinski definition) is 1. The molecule has 2 aliphatic carbocycles. The van der Waals surface area contributed by atoms with Gasteiger partial charge in [0.05, 0.1) is 12.5 Å². The van der Waals surface area contributed by atoms with Crippen LogP contribution in [0.2, 0.25) is 0 Å². The number of carbonyl (C=O) groups is 1. The Balaban J connectivity index is 2.01. The van der Waals surface area contributed by atoms with Crippen molar-refractivity contribution in [2.24, 2.45) is 17.1 Å². The van der Waals surface area contributed by atoms with Crippen molar-refractivity contribution < 1.29 is 9.53 Å². The molecule has 0 spiro atoms. The number of methoxy groups -OCH3 is 1. The normalized spacial score (nSPS) is 27.5. The minimum atomic E-state index is -0.292. The van der Waals surface area contributed by atoms with Crippen LogP contribution < -0.4 is 5.73 Å². The minimum Gasteiger partial charge on any atom is -0.469 e. The topological polar surface area (TPSA) is 52.3 Å². The van der Waals surface area contributed by atoms with Crippen LogP contribution in [0.15, 0.2) is 0 Å². The summed E-state index contributed by atoms with van der Waals surface area (Å²) >= 11 is 0. The van der Waals surface area contributed by atoms with Crippen LogP contribution in [0.4, 0.5) is 0 Å². The summed E-state index contributed by atoms with van der Waals surface area (Å²) in [5.74, 6) is 0.480. The van der Waals surface area contributed by atoms with Crippen molar-refractivity contribution in [3.63, 3.8) is 0 Å². The summed E-state index contributed by atoms with van der Waals surface area (Å²) in [6.45, 7) is 0. The molecule has 2 aliphatic rings. The summed E-state index contributed by atoms with van der Waals surface area (Å²) in [6, 6.07) is 0.0497. The fourth-order valence-corrected chi connectivity index (χ4v) is 2.26. The fraction of sp³-hybridized carbons (Fsp3) is 0.900. The molecule has 2 saturated carbocycles. The molecule has 0 aliphatic heterocycles. The van der Waals surface area contributed by atoms with Gasteiger partial charge in [0.15, 0.2) is 0 Å². The maximum Gasteiger partial charge on any atom is 0.313 e. The first kappa shape index (κ1) is 9.00. The Kier molecular flexibility index (Phi) is 2.06. The zero-order valence-corrected chi connectivity index (χ0v) is 8.08. The average Bonchev–Trinajstić information content (AvgIpc) is 2.80. The number of carbonyl (C=O) groups excluding carboxylic acids is 1. The van der Waals surface area contributed by atoms with Crippen LogP contribution in [0.3, 0.4) is 0 Å². The molecule has 1 unspecified atom stereocenters. The summed E-state index contributed by atoms with van der Waals surface area (Å²) in [6.07, 6.45) is 5.52. The molecule has 0 aromatic heterocycles. The Hall–Kier alpha value is -0.570. The molecule has 2 fully saturated rings. The van der Waals surface area contributed by atoms with E-state index in [9.17, 15) is 4.79 Å². The van der Waals surface area contributed by atoms with Gasteiger partial charge in [0.1, 0.15) is 0 Å². The van der Waals surface area contributed by atoms with E-state index in [4.69, 9.17) is 10.5 Å². The summed E-state index contributed by atoms with van der Waals surface area (Å²) in [4.78, 5) is 11.5. The summed E-state index contributed by atoms with van der Waals surface area (Å²) < 4.78 is 4.80. The molecule has 0 saturated heterocycles. The molecule has 0 aromatic rings. The Morgan fingerprint density at radius 1 is 1.54 bits per heavy atom. The molecule has 3 nitrogen and oxygen atoms in total. The number of nitrogens with two attached hydrogens (primary N) is 1. The highest BCUT2D eigenvalue weighted by molar-refractivity contribution is 5.80. The number of rotatable bonds is 3. The van der Waals surface area contributed by atoms with Gasteiger partial charge in [0, 0.05) is 6.04 Å². The van der Waals surface area contributed by atoms with Gasteiger partial charge in [-0.05, 0) is 31.6 Å². The third kappa shape index (κ3) is 1.26. The predicted molar refractivity (Wildman–Crippen MR) is 49.0 cm³/mol. The second-order valence-corrected chi connectivity index (χ2v) is 4.36. The van der Waals surface area contributed by atoms with Gasteiger partial charge in [0.25, 0.3) is 0 Å². The average molecular weight is 183 g/mol.